The number of anilines is 1. The van der Waals surface area contributed by atoms with Crippen LogP contribution >= 0.6 is 11.6 Å². The van der Waals surface area contributed by atoms with Crippen molar-refractivity contribution < 1.29 is 9.32 Å². The van der Waals surface area contributed by atoms with Crippen molar-refractivity contribution in [1.82, 2.24) is 20.4 Å². The van der Waals surface area contributed by atoms with E-state index in [0.29, 0.717) is 35.4 Å². The maximum Gasteiger partial charge on any atom is 0.319 e. The molecule has 2 atom stereocenters. The van der Waals surface area contributed by atoms with E-state index >= 15 is 0 Å². The number of benzene rings is 2. The highest BCUT2D eigenvalue weighted by molar-refractivity contribution is 6.30. The van der Waals surface area contributed by atoms with Crippen LogP contribution in [0.1, 0.15) is 18.4 Å². The standard InChI is InChI=1S/C20H20ClN5O2/c1-26-12-16(23-20(27)22-15-9-7-14(21)8-10-15)11-17(26)19-24-18(25-28-19)13-5-3-2-4-6-13/h2-10,16-17H,11-12H2,1H3,(H2,22,23,27)/t16-,17-/m0/s1. The van der Waals surface area contributed by atoms with Crippen molar-refractivity contribution in [3.63, 3.8) is 0 Å². The number of likely N-dealkylation sites (tertiary alicyclic amines) is 1. The number of hydrogen-bond donors (Lipinski definition) is 2. The average molecular weight is 398 g/mol. The average Bonchev–Trinajstić information content (AvgIpc) is 3.31. The van der Waals surface area contributed by atoms with E-state index in [-0.39, 0.29) is 18.1 Å². The summed E-state index contributed by atoms with van der Waals surface area (Å²) >= 11 is 5.86. The fourth-order valence-electron chi connectivity index (χ4n) is 3.35. The summed E-state index contributed by atoms with van der Waals surface area (Å²) < 4.78 is 5.49. The smallest absolute Gasteiger partial charge is 0.319 e. The fourth-order valence-corrected chi connectivity index (χ4v) is 3.48. The quantitative estimate of drug-likeness (QED) is 0.696. The Kier molecular flexibility index (Phi) is 5.27. The summed E-state index contributed by atoms with van der Waals surface area (Å²) in [6, 6.07) is 16.4. The number of urea groups is 1. The lowest BCUT2D eigenvalue weighted by atomic mass is 10.1. The molecule has 1 saturated heterocycles. The highest BCUT2D eigenvalue weighted by atomic mass is 35.5. The van der Waals surface area contributed by atoms with Crippen molar-refractivity contribution in [2.45, 2.75) is 18.5 Å². The molecule has 2 heterocycles. The van der Waals surface area contributed by atoms with Gasteiger partial charge in [0.25, 0.3) is 0 Å². The van der Waals surface area contributed by atoms with Crippen molar-refractivity contribution in [1.29, 1.82) is 0 Å². The molecule has 0 bridgehead atoms. The van der Waals surface area contributed by atoms with Crippen LogP contribution in [0.2, 0.25) is 5.02 Å². The third-order valence-electron chi connectivity index (χ3n) is 4.74. The highest BCUT2D eigenvalue weighted by Gasteiger charge is 2.35. The topological polar surface area (TPSA) is 83.3 Å². The van der Waals surface area contributed by atoms with Gasteiger partial charge in [-0.2, -0.15) is 4.98 Å². The summed E-state index contributed by atoms with van der Waals surface area (Å²) in [6.45, 7) is 0.696. The first-order chi connectivity index (χ1) is 13.6. The van der Waals surface area contributed by atoms with Gasteiger partial charge in [-0.05, 0) is 37.7 Å². The lowest BCUT2D eigenvalue weighted by Crippen LogP contribution is -2.39. The van der Waals surface area contributed by atoms with Crippen molar-refractivity contribution >= 4 is 23.3 Å². The van der Waals surface area contributed by atoms with Gasteiger partial charge in [-0.15, -0.1) is 0 Å². The van der Waals surface area contributed by atoms with E-state index in [1.165, 1.54) is 0 Å². The van der Waals surface area contributed by atoms with Crippen molar-refractivity contribution in [3.8, 4) is 11.4 Å². The zero-order chi connectivity index (χ0) is 19.5. The minimum atomic E-state index is -0.253. The molecular formula is C20H20ClN5O2. The first-order valence-electron chi connectivity index (χ1n) is 9.01. The van der Waals surface area contributed by atoms with Gasteiger partial charge in [-0.3, -0.25) is 4.90 Å². The number of carbonyl (C=O) groups excluding carboxylic acids is 1. The molecule has 0 saturated carbocycles. The minimum absolute atomic E-state index is 0.0191. The molecule has 144 valence electrons. The maximum absolute atomic E-state index is 12.3. The van der Waals surface area contributed by atoms with E-state index in [1.54, 1.807) is 24.3 Å². The SMILES string of the molecule is CN1C[C@@H](NC(=O)Nc2ccc(Cl)cc2)C[C@H]1c1nc(-c2ccccc2)no1. The van der Waals surface area contributed by atoms with E-state index in [2.05, 4.69) is 25.7 Å². The van der Waals surface area contributed by atoms with E-state index in [9.17, 15) is 4.79 Å². The molecule has 1 aromatic heterocycles. The van der Waals surface area contributed by atoms with Crippen LogP contribution in [0.15, 0.2) is 59.1 Å². The normalized spacial score (nSPS) is 19.5. The lowest BCUT2D eigenvalue weighted by Gasteiger charge is -2.14. The van der Waals surface area contributed by atoms with E-state index in [0.717, 1.165) is 5.56 Å². The molecule has 0 unspecified atom stereocenters. The molecule has 1 aliphatic heterocycles. The van der Waals surface area contributed by atoms with Crippen LogP contribution in [0.4, 0.5) is 10.5 Å². The zero-order valence-corrected chi connectivity index (χ0v) is 16.1. The zero-order valence-electron chi connectivity index (χ0n) is 15.3. The molecule has 7 nitrogen and oxygen atoms in total. The largest absolute Gasteiger partial charge is 0.337 e. The van der Waals surface area contributed by atoms with Crippen LogP contribution in [0.25, 0.3) is 11.4 Å². The molecule has 28 heavy (non-hydrogen) atoms. The Morgan fingerprint density at radius 3 is 2.68 bits per heavy atom. The van der Waals surface area contributed by atoms with Crippen LogP contribution in [0.5, 0.6) is 0 Å². The van der Waals surface area contributed by atoms with Crippen LogP contribution in [-0.4, -0.2) is 40.7 Å². The molecule has 0 spiro atoms. The Balaban J connectivity index is 1.37. The molecule has 2 amide bonds. The van der Waals surface area contributed by atoms with Gasteiger partial charge in [0.15, 0.2) is 0 Å². The molecular weight excluding hydrogens is 378 g/mol. The van der Waals surface area contributed by atoms with Crippen molar-refractivity contribution in [2.75, 3.05) is 18.9 Å². The Bertz CT molecular complexity index is 945. The number of rotatable bonds is 4. The number of carbonyl (C=O) groups is 1. The van der Waals surface area contributed by atoms with Crippen LogP contribution < -0.4 is 10.6 Å². The van der Waals surface area contributed by atoms with Crippen LogP contribution in [0.3, 0.4) is 0 Å². The second-order valence-corrected chi connectivity index (χ2v) is 7.25. The van der Waals surface area contributed by atoms with Gasteiger partial charge in [0.1, 0.15) is 0 Å². The van der Waals surface area contributed by atoms with Gasteiger partial charge in [0, 0.05) is 28.9 Å². The molecule has 0 radical (unpaired) electrons. The monoisotopic (exact) mass is 397 g/mol. The predicted octanol–water partition coefficient (Wildman–Crippen LogP) is 3.96. The molecule has 0 aliphatic carbocycles. The highest BCUT2D eigenvalue weighted by Crippen LogP contribution is 2.31. The Morgan fingerprint density at radius 2 is 1.93 bits per heavy atom. The van der Waals surface area contributed by atoms with Gasteiger partial charge in [0.05, 0.1) is 6.04 Å². The summed E-state index contributed by atoms with van der Waals surface area (Å²) in [5, 5.41) is 10.5. The first-order valence-corrected chi connectivity index (χ1v) is 9.38. The molecule has 2 aromatic carbocycles. The van der Waals surface area contributed by atoms with E-state index in [1.807, 2.05) is 37.4 Å². The molecule has 3 aromatic rings. The van der Waals surface area contributed by atoms with Gasteiger partial charge >= 0.3 is 6.03 Å². The molecule has 4 rings (SSSR count). The first kappa shape index (κ1) is 18.5. The van der Waals surface area contributed by atoms with Crippen LogP contribution in [0, 0.1) is 0 Å². The number of hydrogen-bond acceptors (Lipinski definition) is 5. The lowest BCUT2D eigenvalue weighted by molar-refractivity contribution is 0.243. The summed E-state index contributed by atoms with van der Waals surface area (Å²) in [4.78, 5) is 18.9. The third kappa shape index (κ3) is 4.16. The van der Waals surface area contributed by atoms with Gasteiger partial charge in [-0.25, -0.2) is 4.79 Å². The molecule has 2 N–H and O–H groups in total. The van der Waals surface area contributed by atoms with Gasteiger partial charge in [0.2, 0.25) is 11.7 Å². The number of likely N-dealkylation sites (N-methyl/N-ethyl adjacent to an activating group) is 1. The summed E-state index contributed by atoms with van der Waals surface area (Å²) in [5.74, 6) is 1.13. The summed E-state index contributed by atoms with van der Waals surface area (Å²) in [5.41, 5.74) is 1.60. The Morgan fingerprint density at radius 1 is 1.18 bits per heavy atom. The molecule has 1 fully saturated rings. The van der Waals surface area contributed by atoms with E-state index in [4.69, 9.17) is 16.1 Å². The Labute approximate surface area is 167 Å². The summed E-state index contributed by atoms with van der Waals surface area (Å²) in [7, 11) is 1.98. The number of nitrogens with zero attached hydrogens (tertiary/aromatic N) is 3. The third-order valence-corrected chi connectivity index (χ3v) is 5.00. The van der Waals surface area contributed by atoms with Crippen molar-refractivity contribution in [3.05, 3.63) is 65.5 Å². The predicted molar refractivity (Wildman–Crippen MR) is 107 cm³/mol. The van der Waals surface area contributed by atoms with Crippen LogP contribution in [-0.2, 0) is 0 Å². The number of aromatic nitrogens is 2. The maximum atomic E-state index is 12.3. The number of halogens is 1. The molecule has 1 aliphatic rings. The van der Waals surface area contributed by atoms with Crippen molar-refractivity contribution in [2.24, 2.45) is 0 Å². The molecule has 8 heteroatoms. The minimum Gasteiger partial charge on any atom is -0.337 e. The second-order valence-electron chi connectivity index (χ2n) is 6.82. The fraction of sp³-hybridized carbons (Fsp3) is 0.250. The Hall–Kier alpha value is -2.90. The number of nitrogens with one attached hydrogen (secondary N) is 2. The van der Waals surface area contributed by atoms with E-state index < -0.39 is 0 Å². The van der Waals surface area contributed by atoms with Gasteiger partial charge in [-0.1, -0.05) is 47.1 Å². The van der Waals surface area contributed by atoms with Gasteiger partial charge < -0.3 is 15.2 Å². The number of amides is 2. The summed E-state index contributed by atoms with van der Waals surface area (Å²) in [6.07, 6.45) is 0.695. The second kappa shape index (κ2) is 8.00.